The number of carbonyl (C=O) groups is 2. The van der Waals surface area contributed by atoms with Gasteiger partial charge in [0.15, 0.2) is 23.8 Å². The number of amides is 2. The molecule has 13 nitrogen and oxygen atoms in total. The zero-order valence-corrected chi connectivity index (χ0v) is 22.1. The molecule has 40 heavy (non-hydrogen) atoms. The number of anilines is 1. The summed E-state index contributed by atoms with van der Waals surface area (Å²) in [5.41, 5.74) is 7.53. The van der Waals surface area contributed by atoms with Crippen molar-refractivity contribution in [2.75, 3.05) is 25.9 Å². The number of carbonyl (C=O) groups excluding carboxylic acids is 2. The summed E-state index contributed by atoms with van der Waals surface area (Å²) in [7, 11) is 1.60. The number of hydrogen-bond donors (Lipinski definition) is 4. The van der Waals surface area contributed by atoms with Crippen LogP contribution in [-0.4, -0.2) is 85.0 Å². The fourth-order valence-corrected chi connectivity index (χ4v) is 4.53. The van der Waals surface area contributed by atoms with E-state index >= 15 is 0 Å². The Morgan fingerprint density at radius 1 is 1.23 bits per heavy atom. The van der Waals surface area contributed by atoms with Crippen molar-refractivity contribution in [1.29, 1.82) is 0 Å². The van der Waals surface area contributed by atoms with Crippen LogP contribution >= 0.6 is 0 Å². The van der Waals surface area contributed by atoms with Crippen LogP contribution in [-0.2, 0) is 20.9 Å². The molecule has 0 spiro atoms. The summed E-state index contributed by atoms with van der Waals surface area (Å²) in [6.45, 7) is 2.64. The van der Waals surface area contributed by atoms with Gasteiger partial charge in [0, 0.05) is 19.0 Å². The SMILES string of the molecule is CCNC(=O)[C@H]1O[C@@H](n2cnc3c(N)nc(C#CCN(Cc4ccc(OC)cc4)C(=O)C4CC4)nc32)[C@H](O)[C@@H]1O. The second-order valence-electron chi connectivity index (χ2n) is 9.70. The molecule has 0 unspecified atom stereocenters. The summed E-state index contributed by atoms with van der Waals surface area (Å²) in [5, 5.41) is 23.6. The van der Waals surface area contributed by atoms with Gasteiger partial charge in [0.25, 0.3) is 5.91 Å². The van der Waals surface area contributed by atoms with E-state index in [1.807, 2.05) is 24.3 Å². The van der Waals surface area contributed by atoms with Crippen LogP contribution in [0.25, 0.3) is 11.2 Å². The lowest BCUT2D eigenvalue weighted by Crippen LogP contribution is -2.42. The Labute approximate surface area is 230 Å². The van der Waals surface area contributed by atoms with Crippen molar-refractivity contribution >= 4 is 28.8 Å². The Bertz CT molecular complexity index is 1460. The summed E-state index contributed by atoms with van der Waals surface area (Å²) in [6, 6.07) is 7.51. The van der Waals surface area contributed by atoms with Crippen LogP contribution in [0.5, 0.6) is 5.75 Å². The van der Waals surface area contributed by atoms with E-state index in [0.29, 0.717) is 13.1 Å². The molecule has 2 aromatic heterocycles. The third-order valence-corrected chi connectivity index (χ3v) is 6.81. The predicted molar refractivity (Wildman–Crippen MR) is 142 cm³/mol. The average Bonchev–Trinajstić information content (AvgIpc) is 3.65. The number of fused-ring (bicyclic) bond motifs is 1. The minimum atomic E-state index is -1.45. The number of aliphatic hydroxyl groups is 2. The van der Waals surface area contributed by atoms with Gasteiger partial charge in [-0.15, -0.1) is 0 Å². The summed E-state index contributed by atoms with van der Waals surface area (Å²) < 4.78 is 12.3. The highest BCUT2D eigenvalue weighted by Gasteiger charge is 2.47. The molecule has 1 aromatic carbocycles. The lowest BCUT2D eigenvalue weighted by molar-refractivity contribution is -0.137. The molecule has 2 fully saturated rings. The van der Waals surface area contributed by atoms with Crippen LogP contribution in [0.1, 0.15) is 37.4 Å². The zero-order valence-electron chi connectivity index (χ0n) is 22.1. The highest BCUT2D eigenvalue weighted by atomic mass is 16.6. The first-order valence-corrected chi connectivity index (χ1v) is 13.0. The van der Waals surface area contributed by atoms with Crippen LogP contribution in [0.2, 0.25) is 0 Å². The number of hydrogen-bond acceptors (Lipinski definition) is 10. The molecule has 5 N–H and O–H groups in total. The molecular formula is C27H31N7O6. The van der Waals surface area contributed by atoms with Crippen molar-refractivity contribution < 1.29 is 29.3 Å². The first-order valence-electron chi connectivity index (χ1n) is 13.0. The Hall–Kier alpha value is -4.25. The Morgan fingerprint density at radius 2 is 1.98 bits per heavy atom. The van der Waals surface area contributed by atoms with Crippen LogP contribution in [0.3, 0.4) is 0 Å². The van der Waals surface area contributed by atoms with E-state index in [1.165, 1.54) is 10.9 Å². The van der Waals surface area contributed by atoms with Gasteiger partial charge in [0.2, 0.25) is 11.7 Å². The fourth-order valence-electron chi connectivity index (χ4n) is 4.53. The molecule has 3 heterocycles. The van der Waals surface area contributed by atoms with Gasteiger partial charge in [-0.1, -0.05) is 18.1 Å². The molecule has 0 radical (unpaired) electrons. The molecule has 1 aliphatic heterocycles. The van der Waals surface area contributed by atoms with E-state index in [0.717, 1.165) is 24.2 Å². The lowest BCUT2D eigenvalue weighted by atomic mass is 10.1. The van der Waals surface area contributed by atoms with Crippen molar-refractivity contribution in [3.05, 3.63) is 42.0 Å². The largest absolute Gasteiger partial charge is 0.497 e. The Morgan fingerprint density at radius 3 is 2.65 bits per heavy atom. The fraction of sp³-hybridized carbons (Fsp3) is 0.444. The van der Waals surface area contributed by atoms with Gasteiger partial charge in [-0.2, -0.15) is 0 Å². The first-order chi connectivity index (χ1) is 19.3. The monoisotopic (exact) mass is 549 g/mol. The number of likely N-dealkylation sites (N-methyl/N-ethyl adjacent to an activating group) is 1. The lowest BCUT2D eigenvalue weighted by Gasteiger charge is -2.20. The minimum Gasteiger partial charge on any atom is -0.497 e. The van der Waals surface area contributed by atoms with Gasteiger partial charge in [-0.3, -0.25) is 14.2 Å². The Kier molecular flexibility index (Phi) is 7.83. The van der Waals surface area contributed by atoms with Crippen molar-refractivity contribution in [2.45, 2.75) is 50.8 Å². The first kappa shape index (κ1) is 27.3. The smallest absolute Gasteiger partial charge is 0.252 e. The number of rotatable bonds is 8. The highest BCUT2D eigenvalue weighted by Crippen LogP contribution is 2.33. The van der Waals surface area contributed by atoms with Crippen LogP contribution in [0, 0.1) is 17.8 Å². The van der Waals surface area contributed by atoms with Gasteiger partial charge in [0.05, 0.1) is 20.0 Å². The number of methoxy groups -OCH3 is 1. The molecular weight excluding hydrogens is 518 g/mol. The third-order valence-electron chi connectivity index (χ3n) is 6.81. The van der Waals surface area contributed by atoms with Crippen molar-refractivity contribution in [1.82, 2.24) is 29.7 Å². The quantitative estimate of drug-likeness (QED) is 0.279. The van der Waals surface area contributed by atoms with Crippen molar-refractivity contribution in [3.8, 4) is 17.6 Å². The number of nitrogens with one attached hydrogen (secondary N) is 1. The second-order valence-corrected chi connectivity index (χ2v) is 9.70. The van der Waals surface area contributed by atoms with E-state index < -0.39 is 30.4 Å². The number of ether oxygens (including phenoxy) is 2. The van der Waals surface area contributed by atoms with Crippen molar-refractivity contribution in [2.24, 2.45) is 5.92 Å². The maximum atomic E-state index is 12.9. The molecule has 2 aliphatic rings. The maximum absolute atomic E-state index is 12.9. The molecule has 13 heteroatoms. The molecule has 3 aromatic rings. The van der Waals surface area contributed by atoms with Crippen molar-refractivity contribution in [3.63, 3.8) is 0 Å². The van der Waals surface area contributed by atoms with Crippen LogP contribution in [0.4, 0.5) is 5.82 Å². The number of imidazole rings is 1. The summed E-state index contributed by atoms with van der Waals surface area (Å²) in [6.07, 6.45) is -2.19. The number of nitrogens with zero attached hydrogens (tertiary/aromatic N) is 5. The zero-order chi connectivity index (χ0) is 28.4. The minimum absolute atomic E-state index is 0.0223. The summed E-state index contributed by atoms with van der Waals surface area (Å²) in [5.74, 6) is 6.26. The maximum Gasteiger partial charge on any atom is 0.252 e. The van der Waals surface area contributed by atoms with E-state index in [2.05, 4.69) is 32.1 Å². The summed E-state index contributed by atoms with van der Waals surface area (Å²) >= 11 is 0. The Balaban J connectivity index is 1.37. The molecule has 5 rings (SSSR count). The van der Waals surface area contributed by atoms with Gasteiger partial charge in [-0.25, -0.2) is 15.0 Å². The number of aliphatic hydroxyl groups excluding tert-OH is 2. The molecule has 2 amide bonds. The van der Waals surface area contributed by atoms with Crippen LogP contribution in [0.15, 0.2) is 30.6 Å². The van der Waals surface area contributed by atoms with E-state index in [4.69, 9.17) is 15.2 Å². The van der Waals surface area contributed by atoms with E-state index in [-0.39, 0.29) is 41.2 Å². The van der Waals surface area contributed by atoms with E-state index in [9.17, 15) is 19.8 Å². The number of benzene rings is 1. The highest BCUT2D eigenvalue weighted by molar-refractivity contribution is 5.83. The average molecular weight is 550 g/mol. The number of nitrogens with two attached hydrogens (primary N) is 1. The van der Waals surface area contributed by atoms with Crippen LogP contribution < -0.4 is 15.8 Å². The molecule has 210 valence electrons. The second kappa shape index (κ2) is 11.5. The molecule has 4 atom stereocenters. The normalized spacial score (nSPS) is 22.0. The molecule has 1 saturated heterocycles. The van der Waals surface area contributed by atoms with Gasteiger partial charge in [0.1, 0.15) is 23.5 Å². The standard InChI is InChI=1S/C27H31N7O6/c1-3-29-25(37)22-20(35)21(36)27(40-22)34-14-30-19-23(28)31-18(32-24(19)34)5-4-12-33(26(38)16-8-9-16)13-15-6-10-17(39-2)11-7-15/h6-7,10-11,14,16,20-22,27,35-36H,3,8-9,12-13H2,1-2H3,(H,29,37)(H2,28,31,32)/t20-,21+,22-,27+/m0/s1. The topological polar surface area (TPSA) is 178 Å². The van der Waals surface area contributed by atoms with Gasteiger partial charge < -0.3 is 35.6 Å². The number of nitrogen functional groups attached to an aromatic ring is 1. The molecule has 1 saturated carbocycles. The van der Waals surface area contributed by atoms with E-state index in [1.54, 1.807) is 18.9 Å². The summed E-state index contributed by atoms with van der Waals surface area (Å²) in [4.78, 5) is 39.8. The van der Waals surface area contributed by atoms with Gasteiger partial charge >= 0.3 is 0 Å². The third kappa shape index (κ3) is 5.55. The van der Waals surface area contributed by atoms with Gasteiger partial charge in [-0.05, 0) is 43.4 Å². The predicted octanol–water partition coefficient (Wildman–Crippen LogP) is -0.0373. The molecule has 0 bridgehead atoms. The molecule has 1 aliphatic carbocycles. The number of aromatic nitrogens is 4.